The zero-order chi connectivity index (χ0) is 14.9. The molecule has 0 radical (unpaired) electrons. The highest BCUT2D eigenvalue weighted by Gasteiger charge is 2.36. The van der Waals surface area contributed by atoms with Crippen LogP contribution in [0.1, 0.15) is 24.1 Å². The molecule has 2 aliphatic rings. The van der Waals surface area contributed by atoms with Gasteiger partial charge in [-0.15, -0.1) is 0 Å². The van der Waals surface area contributed by atoms with Gasteiger partial charge in [-0.05, 0) is 31.4 Å². The molecule has 0 saturated carbocycles. The Hall–Kier alpha value is -1.66. The van der Waals surface area contributed by atoms with Crippen molar-refractivity contribution in [1.82, 2.24) is 15.2 Å². The summed E-state index contributed by atoms with van der Waals surface area (Å²) < 4.78 is 5.15. The first-order chi connectivity index (χ1) is 10.0. The third kappa shape index (κ3) is 3.16. The number of nitrogens with one attached hydrogen (secondary N) is 1. The van der Waals surface area contributed by atoms with Crippen LogP contribution < -0.4 is 5.32 Å². The van der Waals surface area contributed by atoms with Gasteiger partial charge in [0.15, 0.2) is 0 Å². The Morgan fingerprint density at radius 1 is 1.48 bits per heavy atom. The van der Waals surface area contributed by atoms with Crippen molar-refractivity contribution in [1.29, 1.82) is 0 Å². The van der Waals surface area contributed by atoms with Crippen LogP contribution in [0.2, 0.25) is 0 Å². The van der Waals surface area contributed by atoms with Crippen LogP contribution in [0.25, 0.3) is 0 Å². The molecule has 6 heteroatoms. The Morgan fingerprint density at radius 2 is 2.24 bits per heavy atom. The predicted molar refractivity (Wildman–Crippen MR) is 76.8 cm³/mol. The highest BCUT2D eigenvalue weighted by molar-refractivity contribution is 5.69. The number of aliphatic hydroxyl groups is 1. The van der Waals surface area contributed by atoms with Crippen molar-refractivity contribution in [2.75, 3.05) is 26.2 Å². The van der Waals surface area contributed by atoms with E-state index in [1.807, 2.05) is 19.1 Å². The summed E-state index contributed by atoms with van der Waals surface area (Å²) in [6, 6.07) is 3.89. The molecule has 2 aliphatic heterocycles. The molecular formula is C15H21N3O3. The van der Waals surface area contributed by atoms with Crippen molar-refractivity contribution in [3.63, 3.8) is 0 Å². The second-order valence-corrected chi connectivity index (χ2v) is 5.96. The number of aromatic nitrogens is 1. The minimum Gasteiger partial charge on any atom is -0.443 e. The topological polar surface area (TPSA) is 74.7 Å². The fourth-order valence-electron chi connectivity index (χ4n) is 2.93. The standard InChI is InChI=1S/C15H21N3O3/c1-11-2-3-13(16-8-11)15(20)4-6-18(7-5-15)10-12-9-17-14(19)21-12/h2-3,8,12,20H,4-7,9-10H2,1H3,(H,17,19)/t12-/m0/s1. The monoisotopic (exact) mass is 291 g/mol. The van der Waals surface area contributed by atoms with Crippen molar-refractivity contribution in [2.45, 2.75) is 31.5 Å². The van der Waals surface area contributed by atoms with E-state index in [-0.39, 0.29) is 12.2 Å². The third-order valence-electron chi connectivity index (χ3n) is 4.28. The largest absolute Gasteiger partial charge is 0.443 e. The summed E-state index contributed by atoms with van der Waals surface area (Å²) in [5, 5.41) is 13.4. The predicted octanol–water partition coefficient (Wildman–Crippen LogP) is 0.782. The van der Waals surface area contributed by atoms with Gasteiger partial charge in [0.25, 0.3) is 0 Å². The fourth-order valence-corrected chi connectivity index (χ4v) is 2.93. The summed E-state index contributed by atoms with van der Waals surface area (Å²) in [5.41, 5.74) is 1.01. The van der Waals surface area contributed by atoms with Crippen LogP contribution in [-0.4, -0.2) is 53.4 Å². The summed E-state index contributed by atoms with van der Waals surface area (Å²) in [4.78, 5) is 17.6. The molecule has 2 N–H and O–H groups in total. The lowest BCUT2D eigenvalue weighted by atomic mass is 9.87. The van der Waals surface area contributed by atoms with Gasteiger partial charge in [0.2, 0.25) is 0 Å². The molecule has 6 nitrogen and oxygen atoms in total. The van der Waals surface area contributed by atoms with E-state index >= 15 is 0 Å². The van der Waals surface area contributed by atoms with Crippen molar-refractivity contribution >= 4 is 6.09 Å². The molecule has 0 bridgehead atoms. The average Bonchev–Trinajstić information content (AvgIpc) is 2.88. The van der Waals surface area contributed by atoms with Crippen LogP contribution in [0.3, 0.4) is 0 Å². The van der Waals surface area contributed by atoms with E-state index in [1.54, 1.807) is 6.20 Å². The van der Waals surface area contributed by atoms with Crippen molar-refractivity contribution in [3.8, 4) is 0 Å². The Bertz CT molecular complexity index is 509. The summed E-state index contributed by atoms with van der Waals surface area (Å²) in [6.07, 6.45) is 2.68. The summed E-state index contributed by atoms with van der Waals surface area (Å²) in [6.45, 7) is 4.83. The van der Waals surface area contributed by atoms with Crippen LogP contribution in [0.15, 0.2) is 18.3 Å². The lowest BCUT2D eigenvalue weighted by molar-refractivity contribution is -0.0356. The minimum absolute atomic E-state index is 0.0822. The molecule has 21 heavy (non-hydrogen) atoms. The maximum atomic E-state index is 11.0. The maximum absolute atomic E-state index is 11.0. The number of hydrogen-bond acceptors (Lipinski definition) is 5. The van der Waals surface area contributed by atoms with Crippen molar-refractivity contribution in [3.05, 3.63) is 29.6 Å². The highest BCUT2D eigenvalue weighted by atomic mass is 16.6. The molecule has 1 aromatic rings. The lowest BCUT2D eigenvalue weighted by Gasteiger charge is -2.38. The second-order valence-electron chi connectivity index (χ2n) is 5.96. The van der Waals surface area contributed by atoms with Gasteiger partial charge in [-0.2, -0.15) is 0 Å². The molecule has 1 atom stereocenters. The van der Waals surface area contributed by atoms with E-state index in [4.69, 9.17) is 4.74 Å². The Labute approximate surface area is 124 Å². The number of amides is 1. The number of aryl methyl sites for hydroxylation is 1. The number of nitrogens with zero attached hydrogens (tertiary/aromatic N) is 2. The molecule has 1 amide bonds. The zero-order valence-electron chi connectivity index (χ0n) is 12.2. The van der Waals surface area contributed by atoms with E-state index in [0.717, 1.165) is 30.9 Å². The van der Waals surface area contributed by atoms with Gasteiger partial charge >= 0.3 is 6.09 Å². The van der Waals surface area contributed by atoms with Crippen molar-refractivity contribution < 1.29 is 14.6 Å². The Kier molecular flexibility index (Phi) is 3.82. The van der Waals surface area contributed by atoms with Gasteiger partial charge in [0.05, 0.1) is 12.2 Å². The number of ether oxygens (including phenoxy) is 1. The Morgan fingerprint density at radius 3 is 2.81 bits per heavy atom. The number of likely N-dealkylation sites (tertiary alicyclic amines) is 1. The molecule has 2 saturated heterocycles. The Balaban J connectivity index is 1.56. The van der Waals surface area contributed by atoms with Crippen LogP contribution in [0.4, 0.5) is 4.79 Å². The first kappa shape index (κ1) is 14.3. The SMILES string of the molecule is Cc1ccc(C2(O)CCN(C[C@@H]3CNC(=O)O3)CC2)nc1. The minimum atomic E-state index is -0.838. The van der Waals surface area contributed by atoms with Gasteiger partial charge in [-0.25, -0.2) is 4.79 Å². The van der Waals surface area contributed by atoms with Crippen LogP contribution in [0.5, 0.6) is 0 Å². The molecule has 114 valence electrons. The lowest BCUT2D eigenvalue weighted by Crippen LogP contribution is -2.46. The first-order valence-electron chi connectivity index (χ1n) is 7.37. The average molecular weight is 291 g/mol. The summed E-state index contributed by atoms with van der Waals surface area (Å²) in [5.74, 6) is 0. The number of rotatable bonds is 3. The van der Waals surface area contributed by atoms with Gasteiger partial charge < -0.3 is 15.2 Å². The zero-order valence-corrected chi connectivity index (χ0v) is 12.2. The number of carbonyl (C=O) groups excluding carboxylic acids is 1. The fraction of sp³-hybridized carbons (Fsp3) is 0.600. The highest BCUT2D eigenvalue weighted by Crippen LogP contribution is 2.31. The summed E-state index contributed by atoms with van der Waals surface area (Å²) in [7, 11) is 0. The van der Waals surface area contributed by atoms with Gasteiger partial charge in [-0.3, -0.25) is 9.88 Å². The molecule has 0 unspecified atom stereocenters. The van der Waals surface area contributed by atoms with Crippen LogP contribution in [0, 0.1) is 6.92 Å². The van der Waals surface area contributed by atoms with E-state index < -0.39 is 5.60 Å². The van der Waals surface area contributed by atoms with Gasteiger partial charge in [0, 0.05) is 25.8 Å². The molecule has 2 fully saturated rings. The van der Waals surface area contributed by atoms with E-state index in [1.165, 1.54) is 0 Å². The van der Waals surface area contributed by atoms with E-state index in [0.29, 0.717) is 19.4 Å². The van der Waals surface area contributed by atoms with Crippen LogP contribution in [-0.2, 0) is 10.3 Å². The smallest absolute Gasteiger partial charge is 0.407 e. The summed E-state index contributed by atoms with van der Waals surface area (Å²) >= 11 is 0. The van der Waals surface area contributed by atoms with E-state index in [2.05, 4.69) is 15.2 Å². The molecule has 0 aliphatic carbocycles. The molecule has 1 aromatic heterocycles. The van der Waals surface area contributed by atoms with Gasteiger partial charge in [-0.1, -0.05) is 6.07 Å². The van der Waals surface area contributed by atoms with E-state index in [9.17, 15) is 9.90 Å². The van der Waals surface area contributed by atoms with Crippen LogP contribution >= 0.6 is 0 Å². The normalized spacial score (nSPS) is 25.4. The number of pyridine rings is 1. The van der Waals surface area contributed by atoms with Gasteiger partial charge in [0.1, 0.15) is 11.7 Å². The molecule has 3 rings (SSSR count). The second kappa shape index (κ2) is 5.61. The number of alkyl carbamates (subject to hydrolysis) is 1. The molecule has 3 heterocycles. The number of hydrogen-bond donors (Lipinski definition) is 2. The molecular weight excluding hydrogens is 270 g/mol. The number of carbonyl (C=O) groups is 1. The third-order valence-corrected chi connectivity index (χ3v) is 4.28. The first-order valence-corrected chi connectivity index (χ1v) is 7.37. The molecule has 0 aromatic carbocycles. The maximum Gasteiger partial charge on any atom is 0.407 e. The van der Waals surface area contributed by atoms with Crippen molar-refractivity contribution in [2.24, 2.45) is 0 Å². The number of piperidine rings is 1. The number of cyclic esters (lactones) is 1. The molecule has 0 spiro atoms. The quantitative estimate of drug-likeness (QED) is 0.861.